The van der Waals surface area contributed by atoms with E-state index in [1.807, 2.05) is 0 Å². The van der Waals surface area contributed by atoms with Gasteiger partial charge in [0.2, 0.25) is 11.8 Å². The van der Waals surface area contributed by atoms with Gasteiger partial charge in [0.25, 0.3) is 0 Å². The number of fused-ring (bicyclic) bond motifs is 1. The number of piperidine rings is 1. The Labute approximate surface area is 157 Å². The molecule has 3 heterocycles. The Bertz CT molecular complexity index is 748. The van der Waals surface area contributed by atoms with E-state index in [-0.39, 0.29) is 35.3 Å². The van der Waals surface area contributed by atoms with Crippen molar-refractivity contribution in [2.75, 3.05) is 13.1 Å². The number of hydrogen-bond acceptors (Lipinski definition) is 5. The third-order valence-electron chi connectivity index (χ3n) is 5.46. The number of carbonyl (C=O) groups is 2. The summed E-state index contributed by atoms with van der Waals surface area (Å²) >= 11 is 1.57. The molecule has 138 valence electrons. The summed E-state index contributed by atoms with van der Waals surface area (Å²) in [6.07, 6.45) is 1.46. The highest BCUT2D eigenvalue weighted by atomic mass is 32.2. The quantitative estimate of drug-likeness (QED) is 0.737. The normalized spacial score (nSPS) is 31.9. The number of primary amides is 1. The van der Waals surface area contributed by atoms with E-state index >= 15 is 0 Å². The lowest BCUT2D eigenvalue weighted by Gasteiger charge is -2.43. The Morgan fingerprint density at radius 2 is 2.08 bits per heavy atom. The van der Waals surface area contributed by atoms with E-state index in [0.717, 1.165) is 30.5 Å². The number of benzene rings is 1. The summed E-state index contributed by atoms with van der Waals surface area (Å²) in [5.74, 6) is -0.361. The lowest BCUT2D eigenvalue weighted by Crippen LogP contribution is -2.69. The van der Waals surface area contributed by atoms with Gasteiger partial charge < -0.3 is 11.1 Å². The van der Waals surface area contributed by atoms with Crippen molar-refractivity contribution >= 4 is 29.1 Å². The maximum Gasteiger partial charge on any atom is 0.237 e. The maximum atomic E-state index is 12.7. The molecule has 0 aromatic heterocycles. The maximum absolute atomic E-state index is 12.7. The second-order valence-corrected chi connectivity index (χ2v) is 8.30. The number of thioether (sulfide) groups is 1. The van der Waals surface area contributed by atoms with Gasteiger partial charge >= 0.3 is 0 Å². The molecule has 2 amide bonds. The summed E-state index contributed by atoms with van der Waals surface area (Å²) in [6, 6.07) is 8.37. The minimum Gasteiger partial charge on any atom is -0.369 e. The van der Waals surface area contributed by atoms with Crippen LogP contribution in [0.3, 0.4) is 0 Å². The van der Waals surface area contributed by atoms with Crippen LogP contribution in [0.4, 0.5) is 0 Å². The first-order chi connectivity index (χ1) is 12.5. The van der Waals surface area contributed by atoms with Crippen LogP contribution in [0.25, 0.3) is 5.57 Å². The number of nitrogens with zero attached hydrogens (tertiary/aromatic N) is 1. The number of likely N-dealkylation sites (tertiary alicyclic amines) is 1. The summed E-state index contributed by atoms with van der Waals surface area (Å²) in [6.45, 7) is 3.50. The fourth-order valence-electron chi connectivity index (χ4n) is 3.94. The Morgan fingerprint density at radius 1 is 1.31 bits per heavy atom. The van der Waals surface area contributed by atoms with Crippen LogP contribution < -0.4 is 16.4 Å². The Kier molecular flexibility index (Phi) is 4.77. The molecule has 4 rings (SSSR count). The van der Waals surface area contributed by atoms with Gasteiger partial charge in [-0.15, -0.1) is 11.8 Å². The average Bonchev–Trinajstić information content (AvgIpc) is 3.07. The summed E-state index contributed by atoms with van der Waals surface area (Å²) in [5.41, 5.74) is 9.01. The highest BCUT2D eigenvalue weighted by Gasteiger charge is 2.44. The van der Waals surface area contributed by atoms with E-state index in [1.165, 1.54) is 5.56 Å². The monoisotopic (exact) mass is 372 g/mol. The molecule has 0 spiro atoms. The number of carbonyl (C=O) groups excluding carboxylic acids is 2. The second-order valence-electron chi connectivity index (χ2n) is 7.29. The minimum atomic E-state index is -0.265. The van der Waals surface area contributed by atoms with Crippen molar-refractivity contribution in [3.63, 3.8) is 0 Å². The van der Waals surface area contributed by atoms with Crippen LogP contribution in [0.2, 0.25) is 0 Å². The van der Waals surface area contributed by atoms with Crippen LogP contribution in [0.1, 0.15) is 24.0 Å². The molecule has 4 N–H and O–H groups in total. The van der Waals surface area contributed by atoms with Crippen molar-refractivity contribution in [3.05, 3.63) is 40.8 Å². The van der Waals surface area contributed by atoms with Crippen molar-refractivity contribution < 1.29 is 9.59 Å². The van der Waals surface area contributed by atoms with Gasteiger partial charge in [-0.05, 0) is 36.3 Å². The molecule has 3 aliphatic rings. The zero-order valence-electron chi connectivity index (χ0n) is 14.8. The molecule has 7 heteroatoms. The zero-order chi connectivity index (χ0) is 18.3. The fourth-order valence-corrected chi connectivity index (χ4v) is 5.09. The van der Waals surface area contributed by atoms with Crippen LogP contribution in [0.15, 0.2) is 29.7 Å². The fraction of sp³-hybridized carbons (Fsp3) is 0.474. The van der Waals surface area contributed by atoms with Gasteiger partial charge in [0.15, 0.2) is 0 Å². The van der Waals surface area contributed by atoms with Gasteiger partial charge in [-0.3, -0.25) is 19.8 Å². The van der Waals surface area contributed by atoms with Crippen LogP contribution in [0.5, 0.6) is 0 Å². The number of aryl methyl sites for hydroxylation is 1. The van der Waals surface area contributed by atoms with Crippen LogP contribution in [-0.4, -0.2) is 47.4 Å². The van der Waals surface area contributed by atoms with E-state index in [2.05, 4.69) is 52.1 Å². The van der Waals surface area contributed by atoms with Gasteiger partial charge in [-0.25, -0.2) is 0 Å². The molecule has 4 atom stereocenters. The van der Waals surface area contributed by atoms with E-state index in [1.54, 1.807) is 11.8 Å². The number of nitrogens with one attached hydrogen (secondary N) is 2. The molecule has 6 nitrogen and oxygen atoms in total. The first kappa shape index (κ1) is 17.6. The van der Waals surface area contributed by atoms with E-state index in [9.17, 15) is 9.59 Å². The smallest absolute Gasteiger partial charge is 0.237 e. The molecular weight excluding hydrogens is 348 g/mol. The molecule has 4 unspecified atom stereocenters. The number of rotatable bonds is 3. The number of hydrogen-bond donors (Lipinski definition) is 3. The summed E-state index contributed by atoms with van der Waals surface area (Å²) in [7, 11) is 0. The van der Waals surface area contributed by atoms with Crippen molar-refractivity contribution in [2.24, 2.45) is 11.7 Å². The number of amides is 2. The molecule has 1 aromatic carbocycles. The van der Waals surface area contributed by atoms with E-state index in [4.69, 9.17) is 5.73 Å². The lowest BCUT2D eigenvalue weighted by atomic mass is 9.94. The SMILES string of the molecule is Cc1ccc(C2=CSC3C(=O)NC(N4CCCC(C(N)=O)C4)NC23)cc1. The van der Waals surface area contributed by atoms with Gasteiger partial charge in [-0.2, -0.15) is 0 Å². The van der Waals surface area contributed by atoms with Gasteiger partial charge in [0.1, 0.15) is 11.5 Å². The highest BCUT2D eigenvalue weighted by molar-refractivity contribution is 8.04. The standard InChI is InChI=1S/C19H24N4O2S/c1-11-4-6-12(7-5-11)14-10-26-16-15(14)21-19(22-18(16)25)23-8-2-3-13(9-23)17(20)24/h4-7,10,13,15-16,19,21H,2-3,8-9H2,1H3,(H2,20,24)(H,22,25). The van der Waals surface area contributed by atoms with E-state index in [0.29, 0.717) is 6.54 Å². The molecule has 0 bridgehead atoms. The van der Waals surface area contributed by atoms with Crippen molar-refractivity contribution in [2.45, 2.75) is 37.3 Å². The Hall–Kier alpha value is -1.83. The Morgan fingerprint density at radius 3 is 2.81 bits per heavy atom. The molecule has 3 aliphatic heterocycles. The third-order valence-corrected chi connectivity index (χ3v) is 6.63. The van der Waals surface area contributed by atoms with Crippen LogP contribution in [-0.2, 0) is 9.59 Å². The predicted octanol–water partition coefficient (Wildman–Crippen LogP) is 1.02. The molecule has 0 aliphatic carbocycles. The first-order valence-electron chi connectivity index (χ1n) is 9.05. The molecule has 1 aromatic rings. The van der Waals surface area contributed by atoms with Crippen molar-refractivity contribution in [1.29, 1.82) is 0 Å². The topological polar surface area (TPSA) is 87.5 Å². The summed E-state index contributed by atoms with van der Waals surface area (Å²) < 4.78 is 0. The third kappa shape index (κ3) is 3.26. The highest BCUT2D eigenvalue weighted by Crippen LogP contribution is 2.38. The van der Waals surface area contributed by atoms with E-state index < -0.39 is 0 Å². The summed E-state index contributed by atoms with van der Waals surface area (Å²) in [5, 5.41) is 8.60. The lowest BCUT2D eigenvalue weighted by molar-refractivity contribution is -0.127. The average molecular weight is 372 g/mol. The predicted molar refractivity (Wildman–Crippen MR) is 103 cm³/mol. The molecule has 0 radical (unpaired) electrons. The van der Waals surface area contributed by atoms with Crippen LogP contribution in [0, 0.1) is 12.8 Å². The molecule has 26 heavy (non-hydrogen) atoms. The van der Waals surface area contributed by atoms with Gasteiger partial charge in [0, 0.05) is 13.1 Å². The zero-order valence-corrected chi connectivity index (χ0v) is 15.6. The Balaban J connectivity index is 1.52. The largest absolute Gasteiger partial charge is 0.369 e. The van der Waals surface area contributed by atoms with Gasteiger partial charge in [-0.1, -0.05) is 29.8 Å². The molecular formula is C19H24N4O2S. The summed E-state index contributed by atoms with van der Waals surface area (Å²) in [4.78, 5) is 26.3. The minimum absolute atomic E-state index is 0.0320. The van der Waals surface area contributed by atoms with Crippen LogP contribution >= 0.6 is 11.8 Å². The van der Waals surface area contributed by atoms with Crippen molar-refractivity contribution in [3.8, 4) is 0 Å². The second kappa shape index (κ2) is 7.06. The molecule has 0 saturated carbocycles. The van der Waals surface area contributed by atoms with Crippen molar-refractivity contribution in [1.82, 2.24) is 15.5 Å². The number of nitrogens with two attached hydrogens (primary N) is 1. The first-order valence-corrected chi connectivity index (χ1v) is 9.99. The molecule has 2 fully saturated rings. The molecule has 2 saturated heterocycles. The van der Waals surface area contributed by atoms with Gasteiger partial charge in [0.05, 0.1) is 12.0 Å².